The van der Waals surface area contributed by atoms with Crippen LogP contribution in [0, 0.1) is 5.92 Å². The molecule has 0 radical (unpaired) electrons. The van der Waals surface area contributed by atoms with Crippen molar-refractivity contribution < 1.29 is 5.11 Å². The molecule has 1 heterocycles. The molecule has 88 valence electrons. The van der Waals surface area contributed by atoms with E-state index < -0.39 is 0 Å². The number of nitrogens with one attached hydrogen (secondary N) is 1. The molecular formula is C12H24N2O. The van der Waals surface area contributed by atoms with Gasteiger partial charge in [0.15, 0.2) is 0 Å². The minimum absolute atomic E-state index is 0.198. The number of likely N-dealkylation sites (tertiary alicyclic amines) is 1. The summed E-state index contributed by atoms with van der Waals surface area (Å²) >= 11 is 0. The highest BCUT2D eigenvalue weighted by molar-refractivity contribution is 4.90. The molecule has 3 unspecified atom stereocenters. The SMILES string of the molecule is CNCC(O)CN1CCC2CCCCC21. The zero-order chi connectivity index (χ0) is 10.7. The second-order valence-corrected chi connectivity index (χ2v) is 5.11. The summed E-state index contributed by atoms with van der Waals surface area (Å²) in [5, 5.41) is 12.8. The zero-order valence-electron chi connectivity index (χ0n) is 9.78. The normalized spacial score (nSPS) is 34.0. The third-order valence-corrected chi connectivity index (χ3v) is 4.01. The van der Waals surface area contributed by atoms with Crippen LogP contribution in [0.15, 0.2) is 0 Å². The van der Waals surface area contributed by atoms with E-state index in [-0.39, 0.29) is 6.10 Å². The number of fused-ring (bicyclic) bond motifs is 1. The highest BCUT2D eigenvalue weighted by Crippen LogP contribution is 2.35. The van der Waals surface area contributed by atoms with Crippen LogP contribution in [0.2, 0.25) is 0 Å². The quantitative estimate of drug-likeness (QED) is 0.724. The predicted octanol–water partition coefficient (Wildman–Crippen LogP) is 0.831. The molecule has 1 saturated heterocycles. The Bertz CT molecular complexity index is 198. The number of hydrogen-bond acceptors (Lipinski definition) is 3. The molecule has 3 heteroatoms. The molecular weight excluding hydrogens is 188 g/mol. The van der Waals surface area contributed by atoms with Crippen LogP contribution >= 0.6 is 0 Å². The maximum absolute atomic E-state index is 9.80. The van der Waals surface area contributed by atoms with Crippen LogP contribution in [0.5, 0.6) is 0 Å². The summed E-state index contributed by atoms with van der Waals surface area (Å²) < 4.78 is 0. The molecule has 0 amide bonds. The van der Waals surface area contributed by atoms with Crippen LogP contribution in [0.1, 0.15) is 32.1 Å². The van der Waals surface area contributed by atoms with Gasteiger partial charge in [-0.15, -0.1) is 0 Å². The number of nitrogens with zero attached hydrogens (tertiary/aromatic N) is 1. The van der Waals surface area contributed by atoms with E-state index in [0.717, 1.165) is 18.5 Å². The summed E-state index contributed by atoms with van der Waals surface area (Å²) in [5.74, 6) is 0.931. The summed E-state index contributed by atoms with van der Waals surface area (Å²) in [6, 6.07) is 0.783. The van der Waals surface area contributed by atoms with E-state index >= 15 is 0 Å². The Kier molecular flexibility index (Phi) is 4.00. The fourth-order valence-electron chi connectivity index (χ4n) is 3.30. The molecule has 1 aliphatic carbocycles. The van der Waals surface area contributed by atoms with E-state index in [1.807, 2.05) is 7.05 Å². The molecule has 2 N–H and O–H groups in total. The van der Waals surface area contributed by atoms with Gasteiger partial charge in [-0.2, -0.15) is 0 Å². The van der Waals surface area contributed by atoms with E-state index in [1.54, 1.807) is 0 Å². The van der Waals surface area contributed by atoms with E-state index in [2.05, 4.69) is 10.2 Å². The van der Waals surface area contributed by atoms with Gasteiger partial charge in [-0.05, 0) is 38.8 Å². The molecule has 1 saturated carbocycles. The summed E-state index contributed by atoms with van der Waals surface area (Å²) in [6.07, 6.45) is 6.75. The van der Waals surface area contributed by atoms with Crippen molar-refractivity contribution in [2.75, 3.05) is 26.7 Å². The molecule has 3 nitrogen and oxygen atoms in total. The lowest BCUT2D eigenvalue weighted by Crippen LogP contribution is -2.42. The van der Waals surface area contributed by atoms with Crippen LogP contribution in [0.3, 0.4) is 0 Å². The van der Waals surface area contributed by atoms with Crippen molar-refractivity contribution >= 4 is 0 Å². The maximum Gasteiger partial charge on any atom is 0.0791 e. The fraction of sp³-hybridized carbons (Fsp3) is 1.00. The van der Waals surface area contributed by atoms with Gasteiger partial charge in [-0.3, -0.25) is 4.90 Å². The van der Waals surface area contributed by atoms with Gasteiger partial charge in [0, 0.05) is 19.1 Å². The largest absolute Gasteiger partial charge is 0.390 e. The fourth-order valence-corrected chi connectivity index (χ4v) is 3.30. The van der Waals surface area contributed by atoms with Crippen molar-refractivity contribution in [3.05, 3.63) is 0 Å². The van der Waals surface area contributed by atoms with E-state index in [0.29, 0.717) is 6.54 Å². The van der Waals surface area contributed by atoms with Crippen LogP contribution in [-0.4, -0.2) is 48.8 Å². The highest BCUT2D eigenvalue weighted by atomic mass is 16.3. The minimum atomic E-state index is -0.198. The van der Waals surface area contributed by atoms with Gasteiger partial charge in [-0.1, -0.05) is 12.8 Å². The smallest absolute Gasteiger partial charge is 0.0791 e. The molecule has 1 aliphatic heterocycles. The number of aliphatic hydroxyl groups is 1. The summed E-state index contributed by atoms with van der Waals surface area (Å²) in [4.78, 5) is 2.52. The zero-order valence-corrected chi connectivity index (χ0v) is 9.78. The van der Waals surface area contributed by atoms with E-state index in [4.69, 9.17) is 0 Å². The Labute approximate surface area is 92.8 Å². The summed E-state index contributed by atoms with van der Waals surface area (Å²) in [7, 11) is 1.90. The Morgan fingerprint density at radius 1 is 1.33 bits per heavy atom. The van der Waals surface area contributed by atoms with Gasteiger partial charge in [0.1, 0.15) is 0 Å². The Balaban J connectivity index is 1.82. The summed E-state index contributed by atoms with van der Waals surface area (Å²) in [6.45, 7) is 2.78. The van der Waals surface area contributed by atoms with Crippen molar-refractivity contribution in [3.8, 4) is 0 Å². The molecule has 0 aromatic carbocycles. The average molecular weight is 212 g/mol. The lowest BCUT2D eigenvalue weighted by molar-refractivity contribution is 0.0899. The van der Waals surface area contributed by atoms with Crippen molar-refractivity contribution in [1.82, 2.24) is 10.2 Å². The van der Waals surface area contributed by atoms with Gasteiger partial charge in [0.25, 0.3) is 0 Å². The van der Waals surface area contributed by atoms with Crippen LogP contribution in [0.25, 0.3) is 0 Å². The number of aliphatic hydroxyl groups excluding tert-OH is 1. The Morgan fingerprint density at radius 2 is 2.13 bits per heavy atom. The van der Waals surface area contributed by atoms with Crippen molar-refractivity contribution in [2.45, 2.75) is 44.2 Å². The lowest BCUT2D eigenvalue weighted by atomic mass is 9.85. The second-order valence-electron chi connectivity index (χ2n) is 5.11. The first-order valence-corrected chi connectivity index (χ1v) is 6.38. The third kappa shape index (κ3) is 2.71. The highest BCUT2D eigenvalue weighted by Gasteiger charge is 2.35. The molecule has 15 heavy (non-hydrogen) atoms. The molecule has 0 aromatic rings. The monoisotopic (exact) mass is 212 g/mol. The Hall–Kier alpha value is -0.120. The van der Waals surface area contributed by atoms with Gasteiger partial charge in [0.05, 0.1) is 6.10 Å². The van der Waals surface area contributed by atoms with Crippen molar-refractivity contribution in [1.29, 1.82) is 0 Å². The van der Waals surface area contributed by atoms with E-state index in [9.17, 15) is 5.11 Å². The molecule has 0 bridgehead atoms. The second kappa shape index (κ2) is 5.28. The number of likely N-dealkylation sites (N-methyl/N-ethyl adjacent to an activating group) is 1. The molecule has 2 rings (SSSR count). The molecule has 0 spiro atoms. The third-order valence-electron chi connectivity index (χ3n) is 4.01. The maximum atomic E-state index is 9.80. The van der Waals surface area contributed by atoms with E-state index in [1.165, 1.54) is 38.6 Å². The van der Waals surface area contributed by atoms with Gasteiger partial charge in [-0.25, -0.2) is 0 Å². The molecule has 2 aliphatic rings. The number of β-amino-alcohol motifs (C(OH)–C–C–N with tert-alkyl or cyclic N) is 1. The van der Waals surface area contributed by atoms with Gasteiger partial charge < -0.3 is 10.4 Å². The minimum Gasteiger partial charge on any atom is -0.390 e. The van der Waals surface area contributed by atoms with Crippen LogP contribution in [0.4, 0.5) is 0 Å². The number of hydrogen-bond donors (Lipinski definition) is 2. The first-order valence-electron chi connectivity index (χ1n) is 6.38. The molecule has 0 aromatic heterocycles. The van der Waals surface area contributed by atoms with Gasteiger partial charge >= 0.3 is 0 Å². The molecule has 3 atom stereocenters. The average Bonchev–Trinajstić information content (AvgIpc) is 2.62. The van der Waals surface area contributed by atoms with Crippen LogP contribution in [-0.2, 0) is 0 Å². The van der Waals surface area contributed by atoms with Crippen LogP contribution < -0.4 is 5.32 Å². The standard InChI is InChI=1S/C12H24N2O/c1-13-8-11(15)9-14-7-6-10-4-2-3-5-12(10)14/h10-13,15H,2-9H2,1H3. The first-order chi connectivity index (χ1) is 7.31. The Morgan fingerprint density at radius 3 is 2.93 bits per heavy atom. The number of rotatable bonds is 4. The first kappa shape index (κ1) is 11.4. The van der Waals surface area contributed by atoms with Gasteiger partial charge in [0.2, 0.25) is 0 Å². The topological polar surface area (TPSA) is 35.5 Å². The molecule has 2 fully saturated rings. The van der Waals surface area contributed by atoms with Crippen molar-refractivity contribution in [2.24, 2.45) is 5.92 Å². The predicted molar refractivity (Wildman–Crippen MR) is 61.9 cm³/mol. The summed E-state index contributed by atoms with van der Waals surface area (Å²) in [5.41, 5.74) is 0. The lowest BCUT2D eigenvalue weighted by Gasteiger charge is -2.32. The van der Waals surface area contributed by atoms with Crippen molar-refractivity contribution in [3.63, 3.8) is 0 Å².